The number of rotatable bonds is 5. The Bertz CT molecular complexity index is 623. The van der Waals surface area contributed by atoms with E-state index in [1.807, 2.05) is 0 Å². The van der Waals surface area contributed by atoms with Crippen molar-refractivity contribution in [2.75, 3.05) is 18.8 Å². The highest BCUT2D eigenvalue weighted by molar-refractivity contribution is 7.99. The van der Waals surface area contributed by atoms with Crippen LogP contribution in [0, 0.1) is 17.7 Å². The van der Waals surface area contributed by atoms with E-state index in [4.69, 9.17) is 5.11 Å². The maximum atomic E-state index is 13.4. The number of nitrogens with zero attached hydrogens (tertiary/aromatic N) is 1. The lowest BCUT2D eigenvalue weighted by molar-refractivity contribution is -0.188. The zero-order valence-corrected chi connectivity index (χ0v) is 13.2. The van der Waals surface area contributed by atoms with E-state index in [-0.39, 0.29) is 12.2 Å². The van der Waals surface area contributed by atoms with Crippen LogP contribution >= 0.6 is 11.8 Å². The van der Waals surface area contributed by atoms with Crippen LogP contribution in [0.1, 0.15) is 6.42 Å². The Balaban J connectivity index is 1.91. The maximum absolute atomic E-state index is 13.4. The van der Waals surface area contributed by atoms with Crippen LogP contribution in [0.2, 0.25) is 0 Å². The number of halogens is 4. The van der Waals surface area contributed by atoms with E-state index < -0.39 is 48.8 Å². The normalized spacial score (nSPS) is 21.1. The van der Waals surface area contributed by atoms with Gasteiger partial charge >= 0.3 is 12.1 Å². The van der Waals surface area contributed by atoms with E-state index in [1.165, 1.54) is 12.1 Å². The van der Waals surface area contributed by atoms with Crippen LogP contribution in [0.3, 0.4) is 0 Å². The summed E-state index contributed by atoms with van der Waals surface area (Å²) in [6.07, 6.45) is -4.75. The second-order valence-electron chi connectivity index (χ2n) is 5.42. The molecule has 1 aromatic carbocycles. The molecule has 1 aromatic rings. The highest BCUT2D eigenvalue weighted by atomic mass is 32.2. The van der Waals surface area contributed by atoms with E-state index in [1.54, 1.807) is 12.1 Å². The third-order valence-corrected chi connectivity index (χ3v) is 4.87. The third-order valence-electron chi connectivity index (χ3n) is 3.82. The van der Waals surface area contributed by atoms with Crippen molar-refractivity contribution in [2.24, 2.45) is 11.8 Å². The van der Waals surface area contributed by atoms with Crippen molar-refractivity contribution in [2.45, 2.75) is 17.5 Å². The molecule has 0 unspecified atom stereocenters. The number of alkyl halides is 3. The summed E-state index contributed by atoms with van der Waals surface area (Å²) >= 11 is 1.09. The van der Waals surface area contributed by atoms with Crippen molar-refractivity contribution in [1.82, 2.24) is 4.90 Å². The Labute approximate surface area is 139 Å². The molecule has 1 saturated heterocycles. The fourth-order valence-corrected chi connectivity index (χ4v) is 3.43. The van der Waals surface area contributed by atoms with Crippen LogP contribution in [-0.4, -0.2) is 46.9 Å². The predicted molar refractivity (Wildman–Crippen MR) is 79.0 cm³/mol. The minimum atomic E-state index is -4.67. The first-order chi connectivity index (χ1) is 11.2. The first kappa shape index (κ1) is 18.6. The number of carboxylic acids is 1. The van der Waals surface area contributed by atoms with Gasteiger partial charge in [-0.1, -0.05) is 12.1 Å². The van der Waals surface area contributed by atoms with E-state index in [9.17, 15) is 27.2 Å². The average Bonchev–Trinajstić information content (AvgIpc) is 2.95. The molecule has 1 heterocycles. The number of carbonyl (C=O) groups is 2. The van der Waals surface area contributed by atoms with Crippen molar-refractivity contribution in [3.8, 4) is 0 Å². The summed E-state index contributed by atoms with van der Waals surface area (Å²) in [6.45, 7) is -1.10. The van der Waals surface area contributed by atoms with Gasteiger partial charge in [-0.3, -0.25) is 9.59 Å². The first-order valence-electron chi connectivity index (χ1n) is 7.14. The summed E-state index contributed by atoms with van der Waals surface area (Å²) in [5.41, 5.74) is 0. The predicted octanol–water partition coefficient (Wildman–Crippen LogP) is 3.03. The molecule has 1 amide bonds. The zero-order valence-electron chi connectivity index (χ0n) is 12.4. The van der Waals surface area contributed by atoms with Gasteiger partial charge in [-0.25, -0.2) is 4.39 Å². The van der Waals surface area contributed by atoms with E-state index in [0.717, 1.165) is 16.7 Å². The SMILES string of the molecule is O=C(O)[C@@H]1CN(C(=O)CCSc2ccccc2F)C[C@H]1C(F)(F)F. The van der Waals surface area contributed by atoms with Crippen molar-refractivity contribution < 1.29 is 32.3 Å². The molecule has 1 aliphatic rings. The molecule has 1 N–H and O–H groups in total. The fraction of sp³-hybridized carbons (Fsp3) is 0.467. The number of amides is 1. The Hall–Kier alpha value is -1.77. The van der Waals surface area contributed by atoms with Crippen molar-refractivity contribution in [3.05, 3.63) is 30.1 Å². The van der Waals surface area contributed by atoms with Gasteiger partial charge in [-0.15, -0.1) is 11.8 Å². The van der Waals surface area contributed by atoms with E-state index in [2.05, 4.69) is 0 Å². The van der Waals surface area contributed by atoms with Gasteiger partial charge < -0.3 is 10.0 Å². The lowest BCUT2D eigenvalue weighted by atomic mass is 9.96. The highest BCUT2D eigenvalue weighted by Crippen LogP contribution is 2.38. The number of benzene rings is 1. The van der Waals surface area contributed by atoms with Crippen LogP contribution < -0.4 is 0 Å². The van der Waals surface area contributed by atoms with Gasteiger partial charge in [0.15, 0.2) is 0 Å². The minimum Gasteiger partial charge on any atom is -0.481 e. The second kappa shape index (κ2) is 7.42. The van der Waals surface area contributed by atoms with Gasteiger partial charge in [-0.05, 0) is 12.1 Å². The molecule has 1 aliphatic heterocycles. The summed E-state index contributed by atoms with van der Waals surface area (Å²) < 4.78 is 52.1. The molecule has 0 aromatic heterocycles. The molecule has 0 aliphatic carbocycles. The molecule has 0 spiro atoms. The minimum absolute atomic E-state index is 0.0874. The number of likely N-dealkylation sites (tertiary alicyclic amines) is 1. The average molecular weight is 365 g/mol. The number of thioether (sulfide) groups is 1. The van der Waals surface area contributed by atoms with Gasteiger partial charge in [0.05, 0.1) is 11.8 Å². The molecule has 9 heteroatoms. The van der Waals surface area contributed by atoms with Crippen LogP contribution in [0.5, 0.6) is 0 Å². The van der Waals surface area contributed by atoms with Crippen molar-refractivity contribution in [3.63, 3.8) is 0 Å². The monoisotopic (exact) mass is 365 g/mol. The standard InChI is InChI=1S/C15H15F4NO3S/c16-11-3-1-2-4-12(11)24-6-5-13(21)20-7-9(14(22)23)10(8-20)15(17,18)19/h1-4,9-10H,5-8H2,(H,22,23)/t9-,10-/m1/s1. The number of carboxylic acid groups (broad SMARTS) is 1. The number of hydrogen-bond donors (Lipinski definition) is 1. The van der Waals surface area contributed by atoms with Crippen LogP contribution in [0.15, 0.2) is 29.2 Å². The summed E-state index contributed by atoms with van der Waals surface area (Å²) in [4.78, 5) is 24.3. The lowest BCUT2D eigenvalue weighted by Gasteiger charge is -2.18. The maximum Gasteiger partial charge on any atom is 0.394 e. The Morgan fingerprint density at radius 1 is 1.25 bits per heavy atom. The summed E-state index contributed by atoms with van der Waals surface area (Å²) in [5.74, 6) is -6.05. The van der Waals surface area contributed by atoms with Gasteiger partial charge in [0, 0.05) is 30.2 Å². The molecular weight excluding hydrogens is 350 g/mol. The number of aliphatic carboxylic acids is 1. The molecular formula is C15H15F4NO3S. The molecule has 0 saturated carbocycles. The Kier molecular flexibility index (Phi) is 5.74. The van der Waals surface area contributed by atoms with Gasteiger partial charge in [0.2, 0.25) is 5.91 Å². The summed E-state index contributed by atoms with van der Waals surface area (Å²) in [7, 11) is 0. The smallest absolute Gasteiger partial charge is 0.394 e. The summed E-state index contributed by atoms with van der Waals surface area (Å²) in [5, 5.41) is 8.92. The van der Waals surface area contributed by atoms with Crippen molar-refractivity contribution >= 4 is 23.6 Å². The molecule has 0 radical (unpaired) electrons. The highest BCUT2D eigenvalue weighted by Gasteiger charge is 2.53. The molecule has 2 atom stereocenters. The second-order valence-corrected chi connectivity index (χ2v) is 6.56. The molecule has 132 valence electrons. The Morgan fingerprint density at radius 2 is 1.92 bits per heavy atom. The van der Waals surface area contributed by atoms with Crippen LogP contribution in [-0.2, 0) is 9.59 Å². The van der Waals surface area contributed by atoms with Crippen molar-refractivity contribution in [1.29, 1.82) is 0 Å². The summed E-state index contributed by atoms with van der Waals surface area (Å²) in [6, 6.07) is 5.98. The zero-order chi connectivity index (χ0) is 17.9. The molecule has 0 bridgehead atoms. The number of hydrogen-bond acceptors (Lipinski definition) is 3. The van der Waals surface area contributed by atoms with Gasteiger partial charge in [0.1, 0.15) is 5.82 Å². The van der Waals surface area contributed by atoms with Crippen LogP contribution in [0.4, 0.5) is 17.6 Å². The van der Waals surface area contributed by atoms with Gasteiger partial charge in [0.25, 0.3) is 0 Å². The van der Waals surface area contributed by atoms with E-state index >= 15 is 0 Å². The largest absolute Gasteiger partial charge is 0.481 e. The third kappa shape index (κ3) is 4.40. The lowest BCUT2D eigenvalue weighted by Crippen LogP contribution is -2.34. The first-order valence-corrected chi connectivity index (χ1v) is 8.13. The number of carbonyl (C=O) groups excluding carboxylic acids is 1. The van der Waals surface area contributed by atoms with E-state index in [0.29, 0.717) is 4.90 Å². The molecule has 24 heavy (non-hydrogen) atoms. The van der Waals surface area contributed by atoms with Crippen LogP contribution in [0.25, 0.3) is 0 Å². The topological polar surface area (TPSA) is 57.6 Å². The molecule has 4 nitrogen and oxygen atoms in total. The molecule has 1 fully saturated rings. The van der Waals surface area contributed by atoms with Gasteiger partial charge in [-0.2, -0.15) is 13.2 Å². The Morgan fingerprint density at radius 3 is 2.46 bits per heavy atom. The molecule has 2 rings (SSSR count). The fourth-order valence-electron chi connectivity index (χ4n) is 2.56. The quantitative estimate of drug-likeness (QED) is 0.644.